The van der Waals surface area contributed by atoms with Gasteiger partial charge in [-0.1, -0.05) is 31.7 Å². The van der Waals surface area contributed by atoms with E-state index in [0.29, 0.717) is 6.04 Å². The van der Waals surface area contributed by atoms with Crippen LogP contribution in [0.3, 0.4) is 0 Å². The number of halogens is 1. The first kappa shape index (κ1) is 23.2. The van der Waals surface area contributed by atoms with Gasteiger partial charge in [0.25, 0.3) is 0 Å². The molecule has 1 atom stereocenters. The van der Waals surface area contributed by atoms with Crippen LogP contribution in [0.2, 0.25) is 0 Å². The first-order valence-corrected chi connectivity index (χ1v) is 11.0. The zero-order chi connectivity index (χ0) is 22.5. The molecule has 1 fully saturated rings. The smallest absolute Gasteiger partial charge is 0.165 e. The normalized spacial score (nSPS) is 16.8. The maximum atomic E-state index is 14.0. The lowest BCUT2D eigenvalue weighted by Crippen LogP contribution is -2.34. The summed E-state index contributed by atoms with van der Waals surface area (Å²) in [6.45, 7) is 13.2. The van der Waals surface area contributed by atoms with Crippen LogP contribution in [0, 0.1) is 12.7 Å². The van der Waals surface area contributed by atoms with E-state index in [-0.39, 0.29) is 5.75 Å². The topological polar surface area (TPSA) is 47.9 Å². The van der Waals surface area contributed by atoms with Crippen molar-refractivity contribution in [2.75, 3.05) is 26.7 Å². The molecule has 2 aromatic carbocycles. The first-order valence-electron chi connectivity index (χ1n) is 11.0. The standard InChI is InChI=1S/C26H34FN3O/c1-6-20-13-26(31)25(27)14-24(20)22-8-7-21(17(2)11-22)12-18(3)29-19(4)16-30(5)23-9-10-28-15-23/h7-8,11,13-14,23,28,31H,4,6,9-10,12,15-16H2,1-3,5H3. The Bertz CT molecular complexity index is 977. The number of aliphatic imine (C=N–C) groups is 1. The molecule has 0 aromatic heterocycles. The van der Waals surface area contributed by atoms with Gasteiger partial charge in [-0.3, -0.25) is 9.89 Å². The lowest BCUT2D eigenvalue weighted by molar-refractivity contribution is 0.277. The monoisotopic (exact) mass is 423 g/mol. The van der Waals surface area contributed by atoms with E-state index in [0.717, 1.165) is 66.1 Å². The summed E-state index contributed by atoms with van der Waals surface area (Å²) in [7, 11) is 2.13. The molecule has 0 amide bonds. The minimum Gasteiger partial charge on any atom is -0.505 e. The van der Waals surface area contributed by atoms with Crippen molar-refractivity contribution < 1.29 is 9.50 Å². The predicted molar refractivity (Wildman–Crippen MR) is 127 cm³/mol. The van der Waals surface area contributed by atoms with Gasteiger partial charge in [-0.05, 0) is 80.2 Å². The number of benzene rings is 2. The quantitative estimate of drug-likeness (QED) is 0.595. The highest BCUT2D eigenvalue weighted by Gasteiger charge is 2.19. The van der Waals surface area contributed by atoms with E-state index in [9.17, 15) is 9.50 Å². The van der Waals surface area contributed by atoms with E-state index in [4.69, 9.17) is 4.99 Å². The number of aromatic hydroxyl groups is 1. The van der Waals surface area contributed by atoms with Crippen molar-refractivity contribution in [2.24, 2.45) is 4.99 Å². The predicted octanol–water partition coefficient (Wildman–Crippen LogP) is 4.88. The zero-order valence-electron chi connectivity index (χ0n) is 19.1. The fraction of sp³-hybridized carbons (Fsp3) is 0.423. The molecule has 166 valence electrons. The van der Waals surface area contributed by atoms with Gasteiger partial charge in [0.05, 0.1) is 0 Å². The molecular formula is C26H34FN3O. The average Bonchev–Trinajstić information content (AvgIpc) is 3.26. The van der Waals surface area contributed by atoms with Crippen molar-refractivity contribution in [2.45, 2.75) is 46.1 Å². The highest BCUT2D eigenvalue weighted by molar-refractivity contribution is 5.85. The number of rotatable bonds is 8. The Morgan fingerprint density at radius 1 is 1.29 bits per heavy atom. The Morgan fingerprint density at radius 2 is 2.06 bits per heavy atom. The third-order valence-electron chi connectivity index (χ3n) is 6.09. The SMILES string of the molecule is C=C(CN(C)C1CCNC1)N=C(C)Cc1ccc(-c2cc(F)c(O)cc2CC)cc1C. The summed E-state index contributed by atoms with van der Waals surface area (Å²) in [5, 5.41) is 13.1. The van der Waals surface area contributed by atoms with E-state index >= 15 is 0 Å². The van der Waals surface area contributed by atoms with E-state index in [1.165, 1.54) is 24.1 Å². The van der Waals surface area contributed by atoms with Crippen LogP contribution in [0.5, 0.6) is 5.75 Å². The molecule has 0 radical (unpaired) electrons. The van der Waals surface area contributed by atoms with Gasteiger partial charge in [0.1, 0.15) is 0 Å². The zero-order valence-corrected chi connectivity index (χ0v) is 19.1. The lowest BCUT2D eigenvalue weighted by Gasteiger charge is -2.23. The number of nitrogens with one attached hydrogen (secondary N) is 1. The van der Waals surface area contributed by atoms with Crippen molar-refractivity contribution in [3.63, 3.8) is 0 Å². The Hall–Kier alpha value is -2.50. The van der Waals surface area contributed by atoms with E-state index in [1.54, 1.807) is 0 Å². The minimum absolute atomic E-state index is 0.296. The summed E-state index contributed by atoms with van der Waals surface area (Å²) in [4.78, 5) is 7.06. The lowest BCUT2D eigenvalue weighted by atomic mass is 9.93. The highest BCUT2D eigenvalue weighted by Crippen LogP contribution is 2.31. The van der Waals surface area contributed by atoms with Crippen LogP contribution < -0.4 is 5.32 Å². The van der Waals surface area contributed by atoms with Gasteiger partial charge in [0, 0.05) is 37.0 Å². The molecule has 3 rings (SSSR count). The molecule has 1 aliphatic heterocycles. The number of phenolic OH excluding ortho intramolecular Hbond substituents is 1. The second kappa shape index (κ2) is 10.2. The number of likely N-dealkylation sites (N-methyl/N-ethyl adjacent to an activating group) is 1. The van der Waals surface area contributed by atoms with Crippen LogP contribution in [0.1, 0.15) is 37.0 Å². The van der Waals surface area contributed by atoms with Gasteiger partial charge in [-0.25, -0.2) is 4.39 Å². The summed E-state index contributed by atoms with van der Waals surface area (Å²) in [6, 6.07) is 9.71. The van der Waals surface area contributed by atoms with Gasteiger partial charge in [0.2, 0.25) is 0 Å². The molecule has 0 saturated carbocycles. The molecule has 1 aliphatic rings. The Labute approximate surface area is 185 Å². The van der Waals surface area contributed by atoms with E-state index < -0.39 is 5.82 Å². The van der Waals surface area contributed by atoms with Crippen LogP contribution in [0.25, 0.3) is 11.1 Å². The van der Waals surface area contributed by atoms with Gasteiger partial charge < -0.3 is 10.4 Å². The van der Waals surface area contributed by atoms with Crippen LogP contribution in [-0.4, -0.2) is 48.4 Å². The molecule has 1 saturated heterocycles. The highest BCUT2D eigenvalue weighted by atomic mass is 19.1. The number of phenols is 1. The van der Waals surface area contributed by atoms with Crippen molar-refractivity contribution in [3.8, 4) is 16.9 Å². The molecule has 0 aliphatic carbocycles. The summed E-state index contributed by atoms with van der Waals surface area (Å²) in [5.74, 6) is -0.885. The van der Waals surface area contributed by atoms with Crippen molar-refractivity contribution >= 4 is 5.71 Å². The van der Waals surface area contributed by atoms with Gasteiger partial charge in [-0.15, -0.1) is 0 Å². The first-order chi connectivity index (χ1) is 14.8. The van der Waals surface area contributed by atoms with Crippen LogP contribution in [0.15, 0.2) is 47.6 Å². The van der Waals surface area contributed by atoms with Crippen molar-refractivity contribution in [1.82, 2.24) is 10.2 Å². The second-order valence-corrected chi connectivity index (χ2v) is 8.61. The van der Waals surface area contributed by atoms with Crippen LogP contribution >= 0.6 is 0 Å². The summed E-state index contributed by atoms with van der Waals surface area (Å²) >= 11 is 0. The summed E-state index contributed by atoms with van der Waals surface area (Å²) in [6.07, 6.45) is 2.65. The molecule has 0 bridgehead atoms. The van der Waals surface area contributed by atoms with Crippen molar-refractivity contribution in [3.05, 3.63) is 65.1 Å². The fourth-order valence-electron chi connectivity index (χ4n) is 4.28. The Balaban J connectivity index is 1.71. The maximum absolute atomic E-state index is 14.0. The molecule has 0 spiro atoms. The number of hydrogen-bond donors (Lipinski definition) is 2. The number of aryl methyl sites for hydroxylation is 2. The number of nitrogens with zero attached hydrogens (tertiary/aromatic N) is 2. The second-order valence-electron chi connectivity index (χ2n) is 8.61. The molecule has 31 heavy (non-hydrogen) atoms. The summed E-state index contributed by atoms with van der Waals surface area (Å²) < 4.78 is 14.0. The van der Waals surface area contributed by atoms with E-state index in [2.05, 4.69) is 42.9 Å². The largest absolute Gasteiger partial charge is 0.505 e. The van der Waals surface area contributed by atoms with Crippen LogP contribution in [-0.2, 0) is 12.8 Å². The van der Waals surface area contributed by atoms with Gasteiger partial charge in [0.15, 0.2) is 11.6 Å². The molecule has 4 nitrogen and oxygen atoms in total. The molecule has 2 N–H and O–H groups in total. The Morgan fingerprint density at radius 3 is 2.71 bits per heavy atom. The van der Waals surface area contributed by atoms with Crippen LogP contribution in [0.4, 0.5) is 4.39 Å². The molecule has 5 heteroatoms. The Kier molecular flexibility index (Phi) is 7.63. The molecule has 2 aromatic rings. The third-order valence-corrected chi connectivity index (χ3v) is 6.09. The minimum atomic E-state index is -0.589. The maximum Gasteiger partial charge on any atom is 0.165 e. The average molecular weight is 424 g/mol. The van der Waals surface area contributed by atoms with E-state index in [1.807, 2.05) is 19.9 Å². The molecular weight excluding hydrogens is 389 g/mol. The van der Waals surface area contributed by atoms with Gasteiger partial charge in [-0.2, -0.15) is 0 Å². The van der Waals surface area contributed by atoms with Crippen molar-refractivity contribution in [1.29, 1.82) is 0 Å². The molecule has 1 unspecified atom stereocenters. The summed E-state index contributed by atoms with van der Waals surface area (Å²) in [5.41, 5.74) is 6.97. The van der Waals surface area contributed by atoms with Gasteiger partial charge >= 0.3 is 0 Å². The fourth-order valence-corrected chi connectivity index (χ4v) is 4.28. The number of hydrogen-bond acceptors (Lipinski definition) is 4. The third kappa shape index (κ3) is 5.81. The molecule has 1 heterocycles.